The van der Waals surface area contributed by atoms with E-state index in [9.17, 15) is 18.3 Å². The third-order valence-electron chi connectivity index (χ3n) is 10.2. The number of Topliss-reactive ketones (excluding diaryl/α,β-unsaturated/α-hetero) is 1. The van der Waals surface area contributed by atoms with Gasteiger partial charge in [0.25, 0.3) is 0 Å². The highest BCUT2D eigenvalue weighted by atomic mass is 32.3. The molecule has 0 spiro atoms. The molecule has 4 aliphatic rings. The third-order valence-corrected chi connectivity index (χ3v) is 10.7. The number of hydrogen-bond acceptors (Lipinski definition) is 5. The van der Waals surface area contributed by atoms with Crippen molar-refractivity contribution in [2.75, 3.05) is 0 Å². The predicted octanol–water partition coefficient (Wildman–Crippen LogP) is 5.37. The number of aliphatic hydroxyl groups excluding tert-OH is 1. The molecule has 0 heterocycles. The second kappa shape index (κ2) is 9.28. The number of hydrogen-bond donors (Lipinski definition) is 2. The van der Waals surface area contributed by atoms with Crippen molar-refractivity contribution in [1.29, 1.82) is 0 Å². The van der Waals surface area contributed by atoms with Gasteiger partial charge in [0, 0.05) is 12.8 Å². The highest BCUT2D eigenvalue weighted by Gasteiger charge is 2.60. The van der Waals surface area contributed by atoms with Crippen LogP contribution in [0.25, 0.3) is 0 Å². The summed E-state index contributed by atoms with van der Waals surface area (Å²) < 4.78 is 36.5. The molecule has 0 saturated heterocycles. The molecule has 0 aromatic carbocycles. The van der Waals surface area contributed by atoms with Gasteiger partial charge < -0.3 is 5.11 Å². The zero-order valence-corrected chi connectivity index (χ0v) is 22.3. The standard InChI is InChI=1S/C27H44O6S/c1-16(2)12-18(28)13-17(3)21-6-7-22-20-15-25(29)24-14-19(33-34(30,31)32)8-10-27(24,5)23(20)9-11-26(21,22)4/h9,16-17,19-22,24-25,29H,6-8,10-15H2,1-5H3,(H,30,31,32)/t17-,19-,20+,21-,22+,24-,25+,26-,27-/m1/s1. The summed E-state index contributed by atoms with van der Waals surface area (Å²) in [6.07, 6.45) is 8.48. The number of ketones is 1. The molecule has 0 amide bonds. The number of aliphatic hydroxyl groups is 1. The fourth-order valence-electron chi connectivity index (χ4n) is 8.81. The molecular formula is C27H44O6S. The van der Waals surface area contributed by atoms with E-state index in [0.29, 0.717) is 67.5 Å². The summed E-state index contributed by atoms with van der Waals surface area (Å²) >= 11 is 0. The Balaban J connectivity index is 1.53. The SMILES string of the molecule is CC(C)CC(=O)C[C@@H](C)[C@H]1CC[C@H]2[C@@H]3C[C@H](O)[C@H]4C[C@H](OS(=O)(=O)O)CC[C@]4(C)C3=CC[C@]12C. The average Bonchev–Trinajstić information content (AvgIpc) is 3.05. The van der Waals surface area contributed by atoms with Gasteiger partial charge in [-0.3, -0.25) is 9.35 Å². The Morgan fingerprint density at radius 2 is 1.82 bits per heavy atom. The van der Waals surface area contributed by atoms with Crippen LogP contribution >= 0.6 is 0 Å². The first-order valence-electron chi connectivity index (χ1n) is 13.3. The van der Waals surface area contributed by atoms with Crippen molar-refractivity contribution in [2.45, 2.75) is 105 Å². The van der Waals surface area contributed by atoms with Gasteiger partial charge in [0.15, 0.2) is 0 Å². The van der Waals surface area contributed by atoms with Crippen molar-refractivity contribution < 1.29 is 27.1 Å². The quantitative estimate of drug-likeness (QED) is 0.363. The summed E-state index contributed by atoms with van der Waals surface area (Å²) in [7, 11) is -4.49. The number of carbonyl (C=O) groups excluding carboxylic acids is 1. The van der Waals surface area contributed by atoms with Gasteiger partial charge in [0.1, 0.15) is 5.78 Å². The smallest absolute Gasteiger partial charge is 0.393 e. The van der Waals surface area contributed by atoms with E-state index < -0.39 is 22.6 Å². The minimum atomic E-state index is -4.49. The molecule has 194 valence electrons. The van der Waals surface area contributed by atoms with Crippen molar-refractivity contribution in [1.82, 2.24) is 0 Å². The Bertz CT molecular complexity index is 925. The summed E-state index contributed by atoms with van der Waals surface area (Å²) in [6.45, 7) is 11.1. The maximum absolute atomic E-state index is 12.6. The van der Waals surface area contributed by atoms with Crippen molar-refractivity contribution in [3.63, 3.8) is 0 Å². The molecule has 0 radical (unpaired) electrons. The Kier molecular flexibility index (Phi) is 7.18. The van der Waals surface area contributed by atoms with Gasteiger partial charge in [-0.05, 0) is 91.3 Å². The predicted molar refractivity (Wildman–Crippen MR) is 131 cm³/mol. The van der Waals surface area contributed by atoms with Crippen LogP contribution in [0.2, 0.25) is 0 Å². The van der Waals surface area contributed by atoms with Gasteiger partial charge in [0.2, 0.25) is 0 Å². The Labute approximate surface area is 205 Å². The number of rotatable bonds is 7. The van der Waals surface area contributed by atoms with Gasteiger partial charge >= 0.3 is 10.4 Å². The van der Waals surface area contributed by atoms with Crippen LogP contribution in [0.4, 0.5) is 0 Å². The first-order valence-corrected chi connectivity index (χ1v) is 14.7. The molecule has 2 N–H and O–H groups in total. The molecule has 0 aromatic rings. The molecule has 6 nitrogen and oxygen atoms in total. The van der Waals surface area contributed by atoms with Gasteiger partial charge in [-0.15, -0.1) is 0 Å². The van der Waals surface area contributed by atoms with Crippen molar-refractivity contribution >= 4 is 16.2 Å². The lowest BCUT2D eigenvalue weighted by molar-refractivity contribution is -0.121. The fourth-order valence-corrected chi connectivity index (χ4v) is 9.33. The summed E-state index contributed by atoms with van der Waals surface area (Å²) in [6, 6.07) is 0. The fraction of sp³-hybridized carbons (Fsp3) is 0.889. The summed E-state index contributed by atoms with van der Waals surface area (Å²) in [5.74, 6) is 2.48. The average molecular weight is 497 g/mol. The summed E-state index contributed by atoms with van der Waals surface area (Å²) in [5.41, 5.74) is 1.44. The van der Waals surface area contributed by atoms with E-state index in [1.165, 1.54) is 5.57 Å². The van der Waals surface area contributed by atoms with E-state index in [-0.39, 0.29) is 16.7 Å². The largest absolute Gasteiger partial charge is 0.397 e. The lowest BCUT2D eigenvalue weighted by Crippen LogP contribution is -2.54. The summed E-state index contributed by atoms with van der Waals surface area (Å²) in [5, 5.41) is 11.3. The lowest BCUT2D eigenvalue weighted by atomic mass is 9.47. The Morgan fingerprint density at radius 1 is 1.12 bits per heavy atom. The van der Waals surface area contributed by atoms with Crippen molar-refractivity contribution in [3.05, 3.63) is 11.6 Å². The highest BCUT2D eigenvalue weighted by Crippen LogP contribution is 2.66. The zero-order valence-electron chi connectivity index (χ0n) is 21.5. The van der Waals surface area contributed by atoms with Crippen molar-refractivity contribution in [3.8, 4) is 0 Å². The molecule has 0 bridgehead atoms. The molecule has 4 rings (SSSR count). The molecule has 0 aliphatic heterocycles. The maximum Gasteiger partial charge on any atom is 0.397 e. The van der Waals surface area contributed by atoms with Crippen LogP contribution in [0.3, 0.4) is 0 Å². The van der Waals surface area contributed by atoms with E-state index in [1.54, 1.807) is 0 Å². The minimum Gasteiger partial charge on any atom is -0.393 e. The van der Waals surface area contributed by atoms with Crippen LogP contribution in [0.5, 0.6) is 0 Å². The second-order valence-corrected chi connectivity index (χ2v) is 13.9. The van der Waals surface area contributed by atoms with Crippen LogP contribution in [0.15, 0.2) is 11.6 Å². The second-order valence-electron chi connectivity index (χ2n) is 12.8. The number of allylic oxidation sites excluding steroid dienone is 2. The molecule has 9 atom stereocenters. The third kappa shape index (κ3) is 4.79. The maximum atomic E-state index is 12.6. The van der Waals surface area contributed by atoms with Crippen LogP contribution < -0.4 is 0 Å². The van der Waals surface area contributed by atoms with Gasteiger partial charge in [-0.1, -0.05) is 46.3 Å². The highest BCUT2D eigenvalue weighted by molar-refractivity contribution is 7.80. The monoisotopic (exact) mass is 496 g/mol. The molecule has 3 saturated carbocycles. The Hall–Kier alpha value is -0.760. The lowest BCUT2D eigenvalue weighted by Gasteiger charge is -2.58. The van der Waals surface area contributed by atoms with Crippen LogP contribution in [0.1, 0.15) is 92.4 Å². The first kappa shape index (κ1) is 26.3. The zero-order chi connectivity index (χ0) is 25.1. The van der Waals surface area contributed by atoms with E-state index in [2.05, 4.69) is 40.7 Å². The van der Waals surface area contributed by atoms with E-state index in [4.69, 9.17) is 8.74 Å². The molecule has 0 unspecified atom stereocenters. The van der Waals surface area contributed by atoms with E-state index >= 15 is 0 Å². The number of carbonyl (C=O) groups is 1. The Morgan fingerprint density at radius 3 is 2.47 bits per heavy atom. The topological polar surface area (TPSA) is 101 Å². The van der Waals surface area contributed by atoms with Gasteiger partial charge in [0.05, 0.1) is 12.2 Å². The number of fused-ring (bicyclic) bond motifs is 5. The molecule has 0 aromatic heterocycles. The van der Waals surface area contributed by atoms with Gasteiger partial charge in [-0.2, -0.15) is 8.42 Å². The molecule has 3 fully saturated rings. The van der Waals surface area contributed by atoms with Crippen LogP contribution in [0, 0.1) is 46.3 Å². The first-order chi connectivity index (χ1) is 15.7. The van der Waals surface area contributed by atoms with Crippen LogP contribution in [-0.4, -0.2) is 36.1 Å². The van der Waals surface area contributed by atoms with E-state index in [0.717, 1.165) is 25.7 Å². The van der Waals surface area contributed by atoms with Crippen LogP contribution in [-0.2, 0) is 19.4 Å². The van der Waals surface area contributed by atoms with Gasteiger partial charge in [-0.25, -0.2) is 4.18 Å². The van der Waals surface area contributed by atoms with E-state index in [1.807, 2.05) is 0 Å². The molecular weight excluding hydrogens is 452 g/mol. The normalized spacial score (nSPS) is 43.0. The molecule has 7 heteroatoms. The minimum absolute atomic E-state index is 0.0652. The van der Waals surface area contributed by atoms with Crippen molar-refractivity contribution in [2.24, 2.45) is 46.3 Å². The molecule has 4 aliphatic carbocycles. The molecule has 34 heavy (non-hydrogen) atoms. The summed E-state index contributed by atoms with van der Waals surface area (Å²) in [4.78, 5) is 12.6.